The van der Waals surface area contributed by atoms with Crippen LogP contribution in [0, 0.1) is 0 Å². The van der Waals surface area contributed by atoms with Crippen molar-refractivity contribution < 1.29 is 9.53 Å². The molecule has 1 aromatic heterocycles. The third kappa shape index (κ3) is 4.45. The van der Waals surface area contributed by atoms with Crippen molar-refractivity contribution in [2.24, 2.45) is 0 Å². The summed E-state index contributed by atoms with van der Waals surface area (Å²) in [6.07, 6.45) is 2.51. The molecule has 0 saturated carbocycles. The number of nitrogens with one attached hydrogen (secondary N) is 2. The van der Waals surface area contributed by atoms with Gasteiger partial charge in [-0.15, -0.1) is 10.2 Å². The fraction of sp³-hybridized carbons (Fsp3) is 0.227. The predicted octanol–water partition coefficient (Wildman–Crippen LogP) is 4.08. The largest absolute Gasteiger partial charge is 0.495 e. The van der Waals surface area contributed by atoms with Crippen molar-refractivity contribution in [2.75, 3.05) is 35.7 Å². The lowest BCUT2D eigenvalue weighted by molar-refractivity contribution is 0.102. The highest BCUT2D eigenvalue weighted by molar-refractivity contribution is 6.03. The van der Waals surface area contributed by atoms with Crippen LogP contribution in [0.3, 0.4) is 0 Å². The number of hydrogen-bond acceptors (Lipinski definition) is 6. The van der Waals surface area contributed by atoms with Gasteiger partial charge in [-0.05, 0) is 61.4 Å². The zero-order chi connectivity index (χ0) is 20.1. The molecule has 148 valence electrons. The molecule has 1 saturated heterocycles. The van der Waals surface area contributed by atoms with E-state index < -0.39 is 0 Å². The van der Waals surface area contributed by atoms with Crippen LogP contribution in [0.1, 0.15) is 23.3 Å². The molecule has 1 fully saturated rings. The van der Waals surface area contributed by atoms with Gasteiger partial charge < -0.3 is 20.3 Å². The highest BCUT2D eigenvalue weighted by atomic mass is 16.5. The van der Waals surface area contributed by atoms with Gasteiger partial charge in [0.2, 0.25) is 0 Å². The number of anilines is 4. The Hall–Kier alpha value is -3.61. The van der Waals surface area contributed by atoms with Gasteiger partial charge in [0.05, 0.1) is 12.8 Å². The van der Waals surface area contributed by atoms with E-state index in [1.54, 1.807) is 31.4 Å². The van der Waals surface area contributed by atoms with E-state index in [0.717, 1.165) is 18.8 Å². The van der Waals surface area contributed by atoms with Gasteiger partial charge in [-0.25, -0.2) is 0 Å². The average Bonchev–Trinajstić information content (AvgIpc) is 3.30. The molecule has 1 aliphatic heterocycles. The molecule has 4 rings (SSSR count). The number of ether oxygens (including phenoxy) is 1. The van der Waals surface area contributed by atoms with Gasteiger partial charge in [0.25, 0.3) is 5.91 Å². The second-order valence-electron chi connectivity index (χ2n) is 6.82. The van der Waals surface area contributed by atoms with E-state index in [0.29, 0.717) is 17.3 Å². The number of benzene rings is 2. The first-order valence-corrected chi connectivity index (χ1v) is 9.63. The molecule has 0 spiro atoms. The lowest BCUT2D eigenvalue weighted by Gasteiger charge is -2.17. The molecule has 0 unspecified atom stereocenters. The van der Waals surface area contributed by atoms with Crippen LogP contribution in [0.2, 0.25) is 0 Å². The topological polar surface area (TPSA) is 79.4 Å². The molecule has 3 aromatic rings. The quantitative estimate of drug-likeness (QED) is 0.661. The Morgan fingerprint density at radius 2 is 1.72 bits per heavy atom. The second-order valence-corrected chi connectivity index (χ2v) is 6.82. The van der Waals surface area contributed by atoms with Crippen LogP contribution < -0.4 is 20.3 Å². The molecule has 0 atom stereocenters. The van der Waals surface area contributed by atoms with E-state index in [-0.39, 0.29) is 11.6 Å². The molecule has 2 N–H and O–H groups in total. The second kappa shape index (κ2) is 8.60. The number of methoxy groups -OCH3 is 1. The molecular weight excluding hydrogens is 366 g/mol. The molecule has 1 aliphatic rings. The minimum Gasteiger partial charge on any atom is -0.495 e. The zero-order valence-electron chi connectivity index (χ0n) is 16.3. The summed E-state index contributed by atoms with van der Waals surface area (Å²) < 4.78 is 5.24. The van der Waals surface area contributed by atoms with Gasteiger partial charge >= 0.3 is 0 Å². The first-order chi connectivity index (χ1) is 14.2. The SMILES string of the molecule is COc1ccccc1NC(=O)c1ccc(Nc2ccc(N3CCCC3)cc2)nn1. The molecule has 0 aliphatic carbocycles. The minimum atomic E-state index is -0.344. The van der Waals surface area contributed by atoms with E-state index in [9.17, 15) is 4.79 Å². The monoisotopic (exact) mass is 389 g/mol. The maximum absolute atomic E-state index is 12.4. The van der Waals surface area contributed by atoms with Crippen molar-refractivity contribution >= 4 is 28.8 Å². The Morgan fingerprint density at radius 3 is 2.41 bits per heavy atom. The van der Waals surface area contributed by atoms with E-state index in [2.05, 4.69) is 37.9 Å². The van der Waals surface area contributed by atoms with Crippen molar-refractivity contribution in [2.45, 2.75) is 12.8 Å². The van der Waals surface area contributed by atoms with Crippen LogP contribution in [-0.4, -0.2) is 36.3 Å². The molecule has 2 aromatic carbocycles. The molecule has 0 bridgehead atoms. The van der Waals surface area contributed by atoms with Crippen molar-refractivity contribution in [1.82, 2.24) is 10.2 Å². The van der Waals surface area contributed by atoms with Gasteiger partial charge in [0, 0.05) is 24.5 Å². The summed E-state index contributed by atoms with van der Waals surface area (Å²) in [5.41, 5.74) is 2.98. The Bertz CT molecular complexity index is 967. The number of para-hydroxylation sites is 2. The first-order valence-electron chi connectivity index (χ1n) is 9.63. The van der Waals surface area contributed by atoms with E-state index >= 15 is 0 Å². The number of amides is 1. The molecule has 1 amide bonds. The highest BCUT2D eigenvalue weighted by Crippen LogP contribution is 2.24. The summed E-state index contributed by atoms with van der Waals surface area (Å²) in [6, 6.07) is 18.9. The van der Waals surface area contributed by atoms with Gasteiger partial charge in [-0.3, -0.25) is 4.79 Å². The van der Waals surface area contributed by atoms with Gasteiger partial charge in [-0.2, -0.15) is 0 Å². The molecule has 7 nitrogen and oxygen atoms in total. The van der Waals surface area contributed by atoms with E-state index in [1.165, 1.54) is 18.5 Å². The Balaban J connectivity index is 1.39. The molecule has 29 heavy (non-hydrogen) atoms. The fourth-order valence-electron chi connectivity index (χ4n) is 3.33. The summed E-state index contributed by atoms with van der Waals surface area (Å²) in [5.74, 6) is 0.820. The smallest absolute Gasteiger partial charge is 0.276 e. The molecule has 2 heterocycles. The lowest BCUT2D eigenvalue weighted by Crippen LogP contribution is -2.17. The zero-order valence-corrected chi connectivity index (χ0v) is 16.3. The van der Waals surface area contributed by atoms with Gasteiger partial charge in [0.1, 0.15) is 5.75 Å². The van der Waals surface area contributed by atoms with Crippen LogP contribution in [-0.2, 0) is 0 Å². The normalized spacial score (nSPS) is 13.2. The number of rotatable bonds is 6. The third-order valence-electron chi connectivity index (χ3n) is 4.86. The van der Waals surface area contributed by atoms with Crippen LogP contribution in [0.5, 0.6) is 5.75 Å². The summed E-state index contributed by atoms with van der Waals surface area (Å²) in [5, 5.41) is 14.1. The third-order valence-corrected chi connectivity index (χ3v) is 4.86. The average molecular weight is 389 g/mol. The summed E-state index contributed by atoms with van der Waals surface area (Å²) >= 11 is 0. The highest BCUT2D eigenvalue weighted by Gasteiger charge is 2.13. The van der Waals surface area contributed by atoms with Crippen LogP contribution in [0.25, 0.3) is 0 Å². The fourth-order valence-corrected chi connectivity index (χ4v) is 3.33. The number of aromatic nitrogens is 2. The minimum absolute atomic E-state index is 0.228. The predicted molar refractivity (Wildman–Crippen MR) is 114 cm³/mol. The van der Waals surface area contributed by atoms with Crippen molar-refractivity contribution in [3.8, 4) is 5.75 Å². The summed E-state index contributed by atoms with van der Waals surface area (Å²) in [6.45, 7) is 2.24. The molecular formula is C22H23N5O2. The Kier molecular flexibility index (Phi) is 5.56. The van der Waals surface area contributed by atoms with Crippen LogP contribution in [0.4, 0.5) is 22.9 Å². The summed E-state index contributed by atoms with van der Waals surface area (Å²) in [7, 11) is 1.56. The lowest BCUT2D eigenvalue weighted by atomic mass is 10.2. The summed E-state index contributed by atoms with van der Waals surface area (Å²) in [4.78, 5) is 14.8. The van der Waals surface area contributed by atoms with Crippen LogP contribution in [0.15, 0.2) is 60.7 Å². The number of carbonyl (C=O) groups excluding carboxylic acids is 1. The van der Waals surface area contributed by atoms with Gasteiger partial charge in [0.15, 0.2) is 11.5 Å². The first kappa shape index (κ1) is 18.7. The number of nitrogens with zero attached hydrogens (tertiary/aromatic N) is 3. The van der Waals surface area contributed by atoms with Crippen molar-refractivity contribution in [3.05, 3.63) is 66.4 Å². The Morgan fingerprint density at radius 1 is 0.966 bits per heavy atom. The molecule has 7 heteroatoms. The van der Waals surface area contributed by atoms with Gasteiger partial charge in [-0.1, -0.05) is 12.1 Å². The van der Waals surface area contributed by atoms with E-state index in [4.69, 9.17) is 4.74 Å². The standard InChI is InChI=1S/C22H23N5O2/c1-29-20-7-3-2-6-18(20)24-22(28)19-12-13-21(26-25-19)23-16-8-10-17(11-9-16)27-14-4-5-15-27/h2-3,6-13H,4-5,14-15H2,1H3,(H,23,26)(H,24,28). The van der Waals surface area contributed by atoms with Crippen molar-refractivity contribution in [3.63, 3.8) is 0 Å². The van der Waals surface area contributed by atoms with E-state index in [1.807, 2.05) is 24.3 Å². The maximum atomic E-state index is 12.4. The maximum Gasteiger partial charge on any atom is 0.276 e. The Labute approximate surface area is 169 Å². The number of hydrogen-bond donors (Lipinski definition) is 2. The van der Waals surface area contributed by atoms with Crippen LogP contribution >= 0.6 is 0 Å². The van der Waals surface area contributed by atoms with Crippen molar-refractivity contribution in [1.29, 1.82) is 0 Å². The number of carbonyl (C=O) groups is 1. The molecule has 0 radical (unpaired) electrons.